The largest absolute Gasteiger partial charge is 0.353 e. The summed E-state index contributed by atoms with van der Waals surface area (Å²) < 4.78 is 0. The number of carbonyl (C=O) groups excluding carboxylic acids is 3. The highest BCUT2D eigenvalue weighted by Gasteiger charge is 2.42. The van der Waals surface area contributed by atoms with Crippen LogP contribution in [0.1, 0.15) is 56.3 Å². The fourth-order valence-corrected chi connectivity index (χ4v) is 4.48. The van der Waals surface area contributed by atoms with Gasteiger partial charge < -0.3 is 10.6 Å². The van der Waals surface area contributed by atoms with Crippen molar-refractivity contribution in [2.75, 3.05) is 0 Å². The summed E-state index contributed by atoms with van der Waals surface area (Å²) in [6, 6.07) is 6.90. The molecule has 2 amide bonds. The first-order valence-electron chi connectivity index (χ1n) is 9.73. The smallest absolute Gasteiger partial charge is 0.223 e. The molecule has 1 saturated heterocycles. The highest BCUT2D eigenvalue weighted by atomic mass is 35.5. The molecule has 2 N–H and O–H groups in total. The van der Waals surface area contributed by atoms with Crippen LogP contribution in [0.3, 0.4) is 0 Å². The average Bonchev–Trinajstić information content (AvgIpc) is 2.65. The zero-order valence-corrected chi connectivity index (χ0v) is 16.6. The predicted octanol–water partition coefficient (Wildman–Crippen LogP) is 3.36. The molecule has 6 heteroatoms. The molecule has 5 nitrogen and oxygen atoms in total. The summed E-state index contributed by atoms with van der Waals surface area (Å²) in [6.07, 6.45) is 3.05. The summed E-state index contributed by atoms with van der Waals surface area (Å²) in [5.41, 5.74) is 0.570. The van der Waals surface area contributed by atoms with Gasteiger partial charge in [-0.25, -0.2) is 0 Å². The zero-order valence-electron chi connectivity index (χ0n) is 15.8. The van der Waals surface area contributed by atoms with E-state index in [0.717, 1.165) is 19.3 Å². The second-order valence-corrected chi connectivity index (χ2v) is 8.37. The van der Waals surface area contributed by atoms with Gasteiger partial charge in [0, 0.05) is 41.4 Å². The Labute approximate surface area is 165 Å². The molecule has 2 fully saturated rings. The van der Waals surface area contributed by atoms with Crippen LogP contribution in [0.2, 0.25) is 5.02 Å². The van der Waals surface area contributed by atoms with Gasteiger partial charge in [0.15, 0.2) is 5.78 Å². The van der Waals surface area contributed by atoms with E-state index in [2.05, 4.69) is 17.6 Å². The first-order valence-corrected chi connectivity index (χ1v) is 10.1. The van der Waals surface area contributed by atoms with Crippen LogP contribution in [0, 0.1) is 17.8 Å². The van der Waals surface area contributed by atoms with Crippen LogP contribution in [0.25, 0.3) is 0 Å². The minimum absolute atomic E-state index is 0.0521. The molecule has 1 saturated carbocycles. The molecule has 1 aliphatic carbocycles. The van der Waals surface area contributed by atoms with Gasteiger partial charge in [-0.05, 0) is 55.4 Å². The van der Waals surface area contributed by atoms with Crippen LogP contribution in [0.15, 0.2) is 24.3 Å². The Kier molecular flexibility index (Phi) is 6.20. The fraction of sp³-hybridized carbons (Fsp3) is 0.571. The number of piperidine rings is 1. The van der Waals surface area contributed by atoms with Crippen molar-refractivity contribution in [2.45, 2.75) is 58.0 Å². The summed E-state index contributed by atoms with van der Waals surface area (Å²) in [5.74, 6) is 0.854. The molecule has 0 radical (unpaired) electrons. The molecule has 1 heterocycles. The molecule has 0 bridgehead atoms. The molecule has 1 aromatic carbocycles. The number of amides is 2. The highest BCUT2D eigenvalue weighted by molar-refractivity contribution is 6.30. The number of rotatable bonds is 5. The minimum atomic E-state index is -0.107. The van der Waals surface area contributed by atoms with Crippen molar-refractivity contribution in [2.24, 2.45) is 17.8 Å². The van der Waals surface area contributed by atoms with Crippen molar-refractivity contribution in [3.05, 3.63) is 34.9 Å². The lowest BCUT2D eigenvalue weighted by atomic mass is 9.68. The van der Waals surface area contributed by atoms with Gasteiger partial charge in [-0.2, -0.15) is 0 Å². The van der Waals surface area contributed by atoms with Gasteiger partial charge >= 0.3 is 0 Å². The number of carbonyl (C=O) groups is 3. The molecule has 2 aliphatic rings. The van der Waals surface area contributed by atoms with Crippen molar-refractivity contribution >= 4 is 29.2 Å². The third kappa shape index (κ3) is 4.70. The molecule has 5 atom stereocenters. The third-order valence-electron chi connectivity index (χ3n) is 6.22. The topological polar surface area (TPSA) is 75.3 Å². The number of halogens is 1. The number of fused-ring (bicyclic) bond motifs is 1. The van der Waals surface area contributed by atoms with Gasteiger partial charge in [0.1, 0.15) is 0 Å². The summed E-state index contributed by atoms with van der Waals surface area (Å²) >= 11 is 5.83. The van der Waals surface area contributed by atoms with Gasteiger partial charge in [0.25, 0.3) is 0 Å². The number of benzene rings is 1. The molecule has 0 aromatic heterocycles. The summed E-state index contributed by atoms with van der Waals surface area (Å²) in [7, 11) is 0. The van der Waals surface area contributed by atoms with Crippen LogP contribution in [-0.2, 0) is 9.59 Å². The number of hydrogen-bond acceptors (Lipinski definition) is 3. The number of ketones is 1. The number of Topliss-reactive ketones (excluding diaryl/α,β-unsaturated/α-hetero) is 1. The molecule has 3 rings (SSSR count). The van der Waals surface area contributed by atoms with Crippen molar-refractivity contribution < 1.29 is 14.4 Å². The normalized spacial score (nSPS) is 30.2. The van der Waals surface area contributed by atoms with Crippen LogP contribution >= 0.6 is 11.6 Å². The predicted molar refractivity (Wildman–Crippen MR) is 105 cm³/mol. The second kappa shape index (κ2) is 8.42. The Hall–Kier alpha value is -1.88. The Morgan fingerprint density at radius 2 is 1.85 bits per heavy atom. The van der Waals surface area contributed by atoms with Gasteiger partial charge in [0.05, 0.1) is 0 Å². The summed E-state index contributed by atoms with van der Waals surface area (Å²) in [4.78, 5) is 36.5. The van der Waals surface area contributed by atoms with E-state index < -0.39 is 0 Å². The fourth-order valence-electron chi connectivity index (χ4n) is 4.35. The molecule has 1 aromatic rings. The molecule has 0 spiro atoms. The van der Waals surface area contributed by atoms with Crippen LogP contribution in [-0.4, -0.2) is 29.7 Å². The Morgan fingerprint density at radius 3 is 2.56 bits per heavy atom. The van der Waals surface area contributed by atoms with E-state index >= 15 is 0 Å². The molecular weight excluding hydrogens is 364 g/mol. The SMILES string of the molecule is CC1C(=O)NC2CC(NC(=O)CCC(=O)c3ccc(Cl)cc3)CCC2C1C. The lowest BCUT2D eigenvalue weighted by molar-refractivity contribution is -0.132. The van der Waals surface area contributed by atoms with E-state index in [0.29, 0.717) is 22.4 Å². The van der Waals surface area contributed by atoms with Crippen LogP contribution in [0.4, 0.5) is 0 Å². The molecule has 146 valence electrons. The van der Waals surface area contributed by atoms with Crippen molar-refractivity contribution in [3.8, 4) is 0 Å². The van der Waals surface area contributed by atoms with E-state index in [1.165, 1.54) is 0 Å². The van der Waals surface area contributed by atoms with E-state index in [1.807, 2.05) is 6.92 Å². The lowest BCUT2D eigenvalue weighted by Gasteiger charge is -2.45. The van der Waals surface area contributed by atoms with Crippen LogP contribution in [0.5, 0.6) is 0 Å². The lowest BCUT2D eigenvalue weighted by Crippen LogP contribution is -2.57. The van der Waals surface area contributed by atoms with Crippen molar-refractivity contribution in [3.63, 3.8) is 0 Å². The Morgan fingerprint density at radius 1 is 1.15 bits per heavy atom. The first-order chi connectivity index (χ1) is 12.8. The highest BCUT2D eigenvalue weighted by Crippen LogP contribution is 2.37. The first kappa shape index (κ1) is 19.9. The average molecular weight is 391 g/mol. The molecule has 5 unspecified atom stereocenters. The molecular formula is C21H27ClN2O3. The summed E-state index contributed by atoms with van der Waals surface area (Å²) in [6.45, 7) is 4.14. The molecule has 27 heavy (non-hydrogen) atoms. The van der Waals surface area contributed by atoms with Gasteiger partial charge in [0.2, 0.25) is 11.8 Å². The molecule has 1 aliphatic heterocycles. The number of nitrogens with one attached hydrogen (secondary N) is 2. The standard InChI is InChI=1S/C21H27ClN2O3/c1-12-13(2)21(27)24-18-11-16(7-8-17(12)18)23-20(26)10-9-19(25)14-3-5-15(22)6-4-14/h3-6,12-13,16-18H,7-11H2,1-2H3,(H,23,26)(H,24,27). The van der Waals surface area contributed by atoms with Gasteiger partial charge in [-0.1, -0.05) is 25.4 Å². The van der Waals surface area contributed by atoms with Crippen molar-refractivity contribution in [1.82, 2.24) is 10.6 Å². The quantitative estimate of drug-likeness (QED) is 0.757. The zero-order chi connectivity index (χ0) is 19.6. The Bertz CT molecular complexity index is 719. The third-order valence-corrected chi connectivity index (χ3v) is 6.47. The van der Waals surface area contributed by atoms with E-state index in [-0.39, 0.29) is 48.4 Å². The number of hydrogen-bond donors (Lipinski definition) is 2. The van der Waals surface area contributed by atoms with Crippen molar-refractivity contribution in [1.29, 1.82) is 0 Å². The summed E-state index contributed by atoms with van der Waals surface area (Å²) in [5, 5.41) is 6.75. The van der Waals surface area contributed by atoms with E-state index in [1.54, 1.807) is 24.3 Å². The van der Waals surface area contributed by atoms with Gasteiger partial charge in [-0.15, -0.1) is 0 Å². The minimum Gasteiger partial charge on any atom is -0.353 e. The maximum atomic E-state index is 12.3. The maximum absolute atomic E-state index is 12.3. The van der Waals surface area contributed by atoms with E-state index in [9.17, 15) is 14.4 Å². The van der Waals surface area contributed by atoms with Crippen LogP contribution < -0.4 is 10.6 Å². The Balaban J connectivity index is 1.47. The second-order valence-electron chi connectivity index (χ2n) is 7.93. The van der Waals surface area contributed by atoms with Gasteiger partial charge in [-0.3, -0.25) is 14.4 Å². The maximum Gasteiger partial charge on any atom is 0.223 e. The monoisotopic (exact) mass is 390 g/mol. The van der Waals surface area contributed by atoms with E-state index in [4.69, 9.17) is 11.6 Å².